The number of rotatable bonds is 0. The smallest absolute Gasteiger partial charge is 0.0248 e. The molecule has 0 aromatic heterocycles. The summed E-state index contributed by atoms with van der Waals surface area (Å²) in [7, 11) is 0. The normalized spacial score (nSPS) is 13.3. The Kier molecular flexibility index (Phi) is 4.43. The van der Waals surface area contributed by atoms with Crippen LogP contribution in [-0.2, 0) is 0 Å². The molecule has 0 radical (unpaired) electrons. The Morgan fingerprint density at radius 3 is 2.27 bits per heavy atom. The van der Waals surface area contributed by atoms with Crippen molar-refractivity contribution in [2.75, 3.05) is 0 Å². The number of aryl methyl sites for hydroxylation is 2. The summed E-state index contributed by atoms with van der Waals surface area (Å²) in [5.74, 6) is 7.19. The van der Waals surface area contributed by atoms with Gasteiger partial charge in [0.1, 0.15) is 0 Å². The van der Waals surface area contributed by atoms with Crippen molar-refractivity contribution in [3.63, 3.8) is 0 Å². The summed E-state index contributed by atoms with van der Waals surface area (Å²) in [5.41, 5.74) is 3.84. The average Bonchev–Trinajstić information content (AvgIpc) is 3.07. The van der Waals surface area contributed by atoms with E-state index >= 15 is 0 Å². The maximum atomic E-state index is 3.27. The first kappa shape index (κ1) is 11.9. The molecule has 0 amide bonds. The first-order chi connectivity index (χ1) is 7.25. The van der Waals surface area contributed by atoms with Gasteiger partial charge in [0, 0.05) is 11.5 Å². The summed E-state index contributed by atoms with van der Waals surface area (Å²) in [6.45, 7) is 8.27. The lowest BCUT2D eigenvalue weighted by Gasteiger charge is -1.98. The molecule has 15 heavy (non-hydrogen) atoms. The van der Waals surface area contributed by atoms with E-state index in [2.05, 4.69) is 43.9 Å². The predicted octanol–water partition coefficient (Wildman–Crippen LogP) is 4.09. The number of hydrogen-bond acceptors (Lipinski definition) is 0. The minimum atomic E-state index is 0.696. The summed E-state index contributed by atoms with van der Waals surface area (Å²) in [6.07, 6.45) is 2.61. The molecule has 0 bridgehead atoms. The van der Waals surface area contributed by atoms with Gasteiger partial charge < -0.3 is 0 Å². The molecule has 0 atom stereocenters. The highest BCUT2D eigenvalue weighted by Crippen LogP contribution is 2.27. The minimum absolute atomic E-state index is 0.696. The molecule has 0 heterocycles. The van der Waals surface area contributed by atoms with Crippen LogP contribution >= 0.6 is 0 Å². The van der Waals surface area contributed by atoms with E-state index in [-0.39, 0.29) is 0 Å². The van der Waals surface area contributed by atoms with E-state index in [1.807, 2.05) is 13.8 Å². The van der Waals surface area contributed by atoms with Gasteiger partial charge in [-0.15, -0.1) is 0 Å². The Labute approximate surface area is 93.7 Å². The van der Waals surface area contributed by atoms with Crippen LogP contribution < -0.4 is 0 Å². The van der Waals surface area contributed by atoms with E-state index in [0.29, 0.717) is 5.92 Å². The van der Waals surface area contributed by atoms with Crippen LogP contribution in [0.25, 0.3) is 0 Å². The fraction of sp³-hybridized carbons (Fsp3) is 0.467. The summed E-state index contributed by atoms with van der Waals surface area (Å²) in [5, 5.41) is 0. The zero-order chi connectivity index (χ0) is 11.3. The molecule has 1 aromatic rings. The predicted molar refractivity (Wildman–Crippen MR) is 66.9 cm³/mol. The molecule has 1 aliphatic carbocycles. The molecule has 0 spiro atoms. The largest absolute Gasteiger partial charge is 0.0945 e. The third kappa shape index (κ3) is 3.80. The minimum Gasteiger partial charge on any atom is -0.0945 e. The van der Waals surface area contributed by atoms with Crippen molar-refractivity contribution in [3.8, 4) is 11.8 Å². The molecule has 0 saturated heterocycles. The van der Waals surface area contributed by atoms with E-state index in [1.165, 1.54) is 24.0 Å². The Bertz CT molecular complexity index is 373. The second-order valence-corrected chi connectivity index (χ2v) is 3.84. The molecule has 2 rings (SSSR count). The van der Waals surface area contributed by atoms with Crippen LogP contribution in [0.2, 0.25) is 0 Å². The molecular weight excluding hydrogens is 180 g/mol. The van der Waals surface area contributed by atoms with Gasteiger partial charge in [0.2, 0.25) is 0 Å². The van der Waals surface area contributed by atoms with Crippen molar-refractivity contribution in [1.82, 2.24) is 0 Å². The Morgan fingerprint density at radius 2 is 1.73 bits per heavy atom. The third-order valence-electron chi connectivity index (χ3n) is 2.50. The quantitative estimate of drug-likeness (QED) is 0.553. The monoisotopic (exact) mass is 200 g/mol. The van der Waals surface area contributed by atoms with E-state index in [9.17, 15) is 0 Å². The molecule has 0 heteroatoms. The molecule has 1 aliphatic rings. The molecule has 0 aliphatic heterocycles. The van der Waals surface area contributed by atoms with Gasteiger partial charge in [0.15, 0.2) is 0 Å². The Balaban J connectivity index is 0.000000531. The van der Waals surface area contributed by atoms with Crippen LogP contribution in [0.4, 0.5) is 0 Å². The molecular formula is C15H20. The average molecular weight is 200 g/mol. The summed E-state index contributed by atoms with van der Waals surface area (Å²) in [4.78, 5) is 0. The lowest BCUT2D eigenvalue weighted by atomic mass is 10.1. The Hall–Kier alpha value is -1.22. The van der Waals surface area contributed by atoms with Crippen molar-refractivity contribution in [2.45, 2.75) is 40.5 Å². The SMILES string of the molecule is CC.Cc1ccc(C#CC2CC2)cc1C. The van der Waals surface area contributed by atoms with Gasteiger partial charge >= 0.3 is 0 Å². The highest BCUT2D eigenvalue weighted by Gasteiger charge is 2.17. The van der Waals surface area contributed by atoms with Gasteiger partial charge in [-0.1, -0.05) is 31.8 Å². The Morgan fingerprint density at radius 1 is 1.07 bits per heavy atom. The van der Waals surface area contributed by atoms with E-state index in [4.69, 9.17) is 0 Å². The summed E-state index contributed by atoms with van der Waals surface area (Å²) >= 11 is 0. The van der Waals surface area contributed by atoms with Gasteiger partial charge in [-0.25, -0.2) is 0 Å². The van der Waals surface area contributed by atoms with E-state index in [1.54, 1.807) is 0 Å². The number of benzene rings is 1. The number of hydrogen-bond donors (Lipinski definition) is 0. The van der Waals surface area contributed by atoms with Crippen LogP contribution in [0.1, 0.15) is 43.4 Å². The molecule has 80 valence electrons. The lowest BCUT2D eigenvalue weighted by Crippen LogP contribution is -1.82. The fourth-order valence-electron chi connectivity index (χ4n) is 1.23. The van der Waals surface area contributed by atoms with Crippen LogP contribution in [0, 0.1) is 31.6 Å². The van der Waals surface area contributed by atoms with Crippen molar-refractivity contribution in [1.29, 1.82) is 0 Å². The van der Waals surface area contributed by atoms with Crippen molar-refractivity contribution in [2.24, 2.45) is 5.92 Å². The van der Waals surface area contributed by atoms with Crippen LogP contribution in [0.3, 0.4) is 0 Å². The maximum Gasteiger partial charge on any atom is 0.0248 e. The molecule has 1 aromatic carbocycles. The van der Waals surface area contributed by atoms with Crippen molar-refractivity contribution >= 4 is 0 Å². The summed E-state index contributed by atoms with van der Waals surface area (Å²) in [6, 6.07) is 6.43. The first-order valence-electron chi connectivity index (χ1n) is 5.84. The van der Waals surface area contributed by atoms with Gasteiger partial charge in [-0.2, -0.15) is 0 Å². The maximum absolute atomic E-state index is 3.27. The standard InChI is InChI=1S/C13H14.C2H6/c1-10-3-4-13(9-11(10)2)8-7-12-5-6-12;1-2/h3-4,9,12H,5-6H2,1-2H3;1-2H3. The van der Waals surface area contributed by atoms with Crippen molar-refractivity contribution in [3.05, 3.63) is 34.9 Å². The topological polar surface area (TPSA) is 0 Å². The van der Waals surface area contributed by atoms with Crippen LogP contribution in [0.15, 0.2) is 18.2 Å². The second kappa shape index (κ2) is 5.61. The van der Waals surface area contributed by atoms with Gasteiger partial charge in [-0.05, 0) is 49.9 Å². The van der Waals surface area contributed by atoms with Crippen LogP contribution in [-0.4, -0.2) is 0 Å². The molecule has 1 fully saturated rings. The van der Waals surface area contributed by atoms with E-state index in [0.717, 1.165) is 5.56 Å². The van der Waals surface area contributed by atoms with Gasteiger partial charge in [0.05, 0.1) is 0 Å². The second-order valence-electron chi connectivity index (χ2n) is 3.84. The zero-order valence-electron chi connectivity index (χ0n) is 10.2. The molecule has 0 N–H and O–H groups in total. The first-order valence-corrected chi connectivity index (χ1v) is 5.84. The molecule has 0 nitrogen and oxygen atoms in total. The highest BCUT2D eigenvalue weighted by molar-refractivity contribution is 5.40. The van der Waals surface area contributed by atoms with Crippen molar-refractivity contribution < 1.29 is 0 Å². The van der Waals surface area contributed by atoms with Gasteiger partial charge in [-0.3, -0.25) is 0 Å². The molecule has 0 unspecified atom stereocenters. The molecule has 1 saturated carbocycles. The third-order valence-corrected chi connectivity index (χ3v) is 2.50. The van der Waals surface area contributed by atoms with Crippen LogP contribution in [0.5, 0.6) is 0 Å². The highest BCUT2D eigenvalue weighted by atomic mass is 14.2. The zero-order valence-corrected chi connectivity index (χ0v) is 10.2. The lowest BCUT2D eigenvalue weighted by molar-refractivity contribution is 1.18. The summed E-state index contributed by atoms with van der Waals surface area (Å²) < 4.78 is 0. The van der Waals surface area contributed by atoms with Gasteiger partial charge in [0.25, 0.3) is 0 Å². The fourth-order valence-corrected chi connectivity index (χ4v) is 1.23. The van der Waals surface area contributed by atoms with E-state index < -0.39 is 0 Å².